The zero-order valence-electron chi connectivity index (χ0n) is 25.1. The number of aliphatic carboxylic acids is 2. The molecule has 9 heteroatoms. The first kappa shape index (κ1) is 29.2. The molecule has 0 aromatic heterocycles. The summed E-state index contributed by atoms with van der Waals surface area (Å²) in [5, 5.41) is 26.7. The molecule has 228 valence electrons. The van der Waals surface area contributed by atoms with Gasteiger partial charge >= 0.3 is 18.0 Å². The number of nitrogens with one attached hydrogen (secondary N) is 2. The molecule has 42 heavy (non-hydrogen) atoms. The van der Waals surface area contributed by atoms with Gasteiger partial charge in [0.15, 0.2) is 0 Å². The van der Waals surface area contributed by atoms with Crippen LogP contribution in [0, 0.1) is 41.4 Å². The summed E-state index contributed by atoms with van der Waals surface area (Å²) in [5.41, 5.74) is 4.05. The van der Waals surface area contributed by atoms with Crippen molar-refractivity contribution in [2.45, 2.75) is 58.4 Å². The lowest BCUT2D eigenvalue weighted by atomic mass is 9.44. The molecule has 1 aromatic rings. The summed E-state index contributed by atoms with van der Waals surface area (Å²) in [6.07, 6.45) is 3.54. The van der Waals surface area contributed by atoms with Crippen molar-refractivity contribution in [3.63, 3.8) is 0 Å². The first-order chi connectivity index (χ1) is 20.1. The molecule has 0 radical (unpaired) electrons. The number of hydrogen-bond donors (Lipinski definition) is 4. The molecule has 4 N–H and O–H groups in total. The minimum Gasteiger partial charge on any atom is -0.481 e. The van der Waals surface area contributed by atoms with Gasteiger partial charge in [-0.3, -0.25) is 14.5 Å². The molecule has 0 spiro atoms. The summed E-state index contributed by atoms with van der Waals surface area (Å²) in [6.45, 7) is 11.2. The van der Waals surface area contributed by atoms with Gasteiger partial charge in [-0.1, -0.05) is 37.1 Å². The average Bonchev–Trinajstić information content (AvgIpc) is 3.75. The number of nitrogens with zero attached hydrogens (tertiary/aromatic N) is 2. The molecule has 6 aliphatic rings. The fourth-order valence-corrected chi connectivity index (χ4v) is 9.45. The van der Waals surface area contributed by atoms with Crippen LogP contribution in [0.5, 0.6) is 0 Å². The number of allylic oxidation sites excluding steroid dienone is 1. The van der Waals surface area contributed by atoms with E-state index in [1.54, 1.807) is 0 Å². The number of hydrogen-bond acceptors (Lipinski definition) is 5. The Balaban J connectivity index is 1.21. The van der Waals surface area contributed by atoms with Gasteiger partial charge in [0.05, 0.1) is 17.4 Å². The first-order valence-electron chi connectivity index (χ1n) is 15.9. The Bertz CT molecular complexity index is 1260. The molecule has 2 amide bonds. The number of carboxylic acid groups (broad SMARTS) is 2. The number of carboxylic acids is 2. The molecule has 1 aromatic carbocycles. The number of fused-ring (bicyclic) bond motifs is 1. The molecule has 3 saturated heterocycles. The minimum atomic E-state index is -0.759. The van der Waals surface area contributed by atoms with Crippen LogP contribution in [0.25, 0.3) is 0 Å². The highest BCUT2D eigenvalue weighted by Gasteiger charge is 2.66. The van der Waals surface area contributed by atoms with Gasteiger partial charge in [-0.15, -0.1) is 0 Å². The Morgan fingerprint density at radius 3 is 2.17 bits per heavy atom. The molecule has 2 bridgehead atoms. The average molecular weight is 579 g/mol. The number of carbonyl (C=O) groups is 3. The van der Waals surface area contributed by atoms with Gasteiger partial charge in [0, 0.05) is 18.8 Å². The van der Waals surface area contributed by atoms with Crippen LogP contribution in [0.1, 0.15) is 52.0 Å². The molecule has 4 fully saturated rings. The summed E-state index contributed by atoms with van der Waals surface area (Å²) in [5.74, 6) is -1.04. The van der Waals surface area contributed by atoms with Gasteiger partial charge < -0.3 is 25.7 Å². The topological polar surface area (TPSA) is 122 Å². The van der Waals surface area contributed by atoms with Crippen molar-refractivity contribution in [2.24, 2.45) is 41.4 Å². The normalized spacial score (nSPS) is 34.1. The van der Waals surface area contributed by atoms with Crippen LogP contribution in [0.4, 0.5) is 10.5 Å². The first-order valence-corrected chi connectivity index (χ1v) is 15.9. The molecule has 1 saturated carbocycles. The molecular formula is C33H46N4O5. The highest BCUT2D eigenvalue weighted by molar-refractivity contribution is 5.95. The molecule has 6 atom stereocenters. The second-order valence-corrected chi connectivity index (χ2v) is 13.6. The Morgan fingerprint density at radius 2 is 1.60 bits per heavy atom. The van der Waals surface area contributed by atoms with E-state index in [9.17, 15) is 24.6 Å². The van der Waals surface area contributed by atoms with E-state index in [-0.39, 0.29) is 23.4 Å². The van der Waals surface area contributed by atoms with E-state index in [2.05, 4.69) is 36.3 Å². The third-order valence-electron chi connectivity index (χ3n) is 11.8. The molecular weight excluding hydrogens is 532 g/mol. The monoisotopic (exact) mass is 578 g/mol. The van der Waals surface area contributed by atoms with Crippen LogP contribution in [0.15, 0.2) is 35.4 Å². The maximum Gasteiger partial charge on any atom is 0.325 e. The molecule has 9 nitrogen and oxygen atoms in total. The third-order valence-corrected chi connectivity index (χ3v) is 11.8. The van der Waals surface area contributed by atoms with Gasteiger partial charge in [-0.2, -0.15) is 0 Å². The van der Waals surface area contributed by atoms with Crippen molar-refractivity contribution in [3.8, 4) is 0 Å². The maximum absolute atomic E-state index is 14.1. The number of urea groups is 1. The second-order valence-electron chi connectivity index (χ2n) is 13.6. The van der Waals surface area contributed by atoms with E-state index in [1.807, 2.05) is 29.2 Å². The summed E-state index contributed by atoms with van der Waals surface area (Å²) >= 11 is 0. The number of anilines is 1. The zero-order valence-corrected chi connectivity index (χ0v) is 25.1. The van der Waals surface area contributed by atoms with Crippen LogP contribution in [-0.2, 0) is 16.0 Å². The van der Waals surface area contributed by atoms with E-state index in [4.69, 9.17) is 0 Å². The number of carbonyl (C=O) groups excluding carboxylic acids is 1. The lowest BCUT2D eigenvalue weighted by Gasteiger charge is -2.67. The smallest absolute Gasteiger partial charge is 0.325 e. The van der Waals surface area contributed by atoms with Crippen molar-refractivity contribution < 1.29 is 24.6 Å². The van der Waals surface area contributed by atoms with E-state index in [1.165, 1.54) is 11.1 Å². The van der Waals surface area contributed by atoms with Gasteiger partial charge in [-0.25, -0.2) is 4.79 Å². The van der Waals surface area contributed by atoms with Crippen molar-refractivity contribution in [1.82, 2.24) is 15.5 Å². The lowest BCUT2D eigenvalue weighted by Crippen LogP contribution is -2.72. The van der Waals surface area contributed by atoms with Crippen LogP contribution in [0.3, 0.4) is 0 Å². The van der Waals surface area contributed by atoms with Crippen molar-refractivity contribution in [3.05, 3.63) is 41.0 Å². The zero-order chi connectivity index (χ0) is 29.8. The Kier molecular flexibility index (Phi) is 7.85. The SMILES string of the molecule is CC1=C(CC(C(=O)O)C2CCNC2)CC2(N3CCN(c4cccc(CC(C(=O)O)C5CCNC5)c4)C3=O)C(C)C1C2C. The van der Waals surface area contributed by atoms with Gasteiger partial charge in [0.1, 0.15) is 0 Å². The van der Waals surface area contributed by atoms with Gasteiger partial charge in [-0.05, 0) is 112 Å². The Morgan fingerprint density at radius 1 is 0.976 bits per heavy atom. The molecule has 3 aliphatic heterocycles. The number of rotatable bonds is 10. The number of amides is 2. The standard InChI is InChI=1S/C33H46N4O5/c1-19-25(15-28(31(40)41)24-8-10-35-18-24)16-33(20(2)29(19)21(33)3)37-12-11-36(32(37)42)26-6-4-5-22(13-26)14-27(30(38)39)23-7-9-34-17-23/h4-6,13,20-21,23-24,27-29,34-35H,7-12,14-18H2,1-3H3,(H,38,39)(H,40,41). The third kappa shape index (κ3) is 4.73. The Hall–Kier alpha value is -2.91. The second kappa shape index (κ2) is 11.3. The highest BCUT2D eigenvalue weighted by Crippen LogP contribution is 2.63. The molecule has 6 unspecified atom stereocenters. The van der Waals surface area contributed by atoms with Gasteiger partial charge in [0.2, 0.25) is 0 Å². The predicted molar refractivity (Wildman–Crippen MR) is 160 cm³/mol. The quantitative estimate of drug-likeness (QED) is 0.311. The highest BCUT2D eigenvalue weighted by atomic mass is 16.4. The van der Waals surface area contributed by atoms with E-state index >= 15 is 0 Å². The maximum atomic E-state index is 14.1. The summed E-state index contributed by atoms with van der Waals surface area (Å²) in [7, 11) is 0. The molecule has 7 rings (SSSR count). The molecule has 3 heterocycles. The van der Waals surface area contributed by atoms with Crippen molar-refractivity contribution in [1.29, 1.82) is 0 Å². The summed E-state index contributed by atoms with van der Waals surface area (Å²) in [6, 6.07) is 7.86. The van der Waals surface area contributed by atoms with Crippen LogP contribution < -0.4 is 15.5 Å². The number of benzene rings is 1. The van der Waals surface area contributed by atoms with Crippen LogP contribution >= 0.6 is 0 Å². The summed E-state index contributed by atoms with van der Waals surface area (Å²) in [4.78, 5) is 42.5. The van der Waals surface area contributed by atoms with Crippen LogP contribution in [-0.4, -0.2) is 77.9 Å². The molecule has 3 aliphatic carbocycles. The van der Waals surface area contributed by atoms with Gasteiger partial charge in [0.25, 0.3) is 0 Å². The largest absolute Gasteiger partial charge is 0.481 e. The minimum absolute atomic E-state index is 0.00718. The van der Waals surface area contributed by atoms with Crippen LogP contribution in [0.2, 0.25) is 0 Å². The predicted octanol–water partition coefficient (Wildman–Crippen LogP) is 3.84. The van der Waals surface area contributed by atoms with E-state index in [0.717, 1.165) is 56.7 Å². The van der Waals surface area contributed by atoms with E-state index < -0.39 is 23.8 Å². The Labute approximate surface area is 248 Å². The fraction of sp³-hybridized carbons (Fsp3) is 0.667. The van der Waals surface area contributed by atoms with Crippen molar-refractivity contribution >= 4 is 23.7 Å². The van der Waals surface area contributed by atoms with E-state index in [0.29, 0.717) is 43.7 Å². The lowest BCUT2D eigenvalue weighted by molar-refractivity contribution is -0.144. The fourth-order valence-electron chi connectivity index (χ4n) is 9.45. The summed E-state index contributed by atoms with van der Waals surface area (Å²) < 4.78 is 0. The van der Waals surface area contributed by atoms with Crippen molar-refractivity contribution in [2.75, 3.05) is 44.2 Å².